The Balaban J connectivity index is 2.33. The van der Waals surface area contributed by atoms with Gasteiger partial charge in [-0.1, -0.05) is 6.07 Å². The highest BCUT2D eigenvalue weighted by atomic mass is 16.4. The number of benzene rings is 1. The van der Waals surface area contributed by atoms with Gasteiger partial charge in [0.15, 0.2) is 5.60 Å². The van der Waals surface area contributed by atoms with Crippen LogP contribution >= 0.6 is 0 Å². The Bertz CT molecular complexity index is 693. The molecule has 104 valence electrons. The van der Waals surface area contributed by atoms with E-state index in [1.54, 1.807) is 24.4 Å². The molecule has 2 rings (SSSR count). The molecule has 1 heterocycles. The van der Waals surface area contributed by atoms with E-state index < -0.39 is 11.6 Å². The SMILES string of the molecule is Cc1cnc2ccc(C(=N)CC(C)(O)C(=O)O)cc2c1. The van der Waals surface area contributed by atoms with Crippen LogP contribution in [0, 0.1) is 12.3 Å². The molecular formula is C15H16N2O3. The molecule has 0 aliphatic carbocycles. The first-order chi connectivity index (χ1) is 9.29. The molecule has 1 aromatic carbocycles. The van der Waals surface area contributed by atoms with Gasteiger partial charge in [0.05, 0.1) is 5.52 Å². The first kappa shape index (κ1) is 14.1. The monoisotopic (exact) mass is 272 g/mol. The molecule has 0 saturated carbocycles. The lowest BCUT2D eigenvalue weighted by atomic mass is 9.94. The van der Waals surface area contributed by atoms with Crippen molar-refractivity contribution >= 4 is 22.6 Å². The number of carboxylic acids is 1. The van der Waals surface area contributed by atoms with Crippen LogP contribution in [-0.2, 0) is 4.79 Å². The molecule has 20 heavy (non-hydrogen) atoms. The summed E-state index contributed by atoms with van der Waals surface area (Å²) in [6.07, 6.45) is 1.52. The van der Waals surface area contributed by atoms with Crippen molar-refractivity contribution in [2.45, 2.75) is 25.9 Å². The highest BCUT2D eigenvalue weighted by molar-refractivity contribution is 6.03. The molecule has 0 radical (unpaired) electrons. The van der Waals surface area contributed by atoms with Gasteiger partial charge in [-0.3, -0.25) is 4.98 Å². The molecule has 0 spiro atoms. The van der Waals surface area contributed by atoms with E-state index in [1.807, 2.05) is 13.0 Å². The molecule has 5 nitrogen and oxygen atoms in total. The molecule has 0 bridgehead atoms. The Morgan fingerprint density at radius 2 is 2.10 bits per heavy atom. The molecule has 1 atom stereocenters. The summed E-state index contributed by atoms with van der Waals surface area (Å²) >= 11 is 0. The van der Waals surface area contributed by atoms with Crippen molar-refractivity contribution in [1.82, 2.24) is 4.98 Å². The summed E-state index contributed by atoms with van der Waals surface area (Å²) in [5.74, 6) is -1.33. The third kappa shape index (κ3) is 2.83. The highest BCUT2D eigenvalue weighted by Gasteiger charge is 2.31. The van der Waals surface area contributed by atoms with Crippen molar-refractivity contribution in [3.63, 3.8) is 0 Å². The van der Waals surface area contributed by atoms with E-state index in [9.17, 15) is 9.90 Å². The summed E-state index contributed by atoms with van der Waals surface area (Å²) < 4.78 is 0. The smallest absolute Gasteiger partial charge is 0.335 e. The number of nitrogens with zero attached hydrogens (tertiary/aromatic N) is 1. The van der Waals surface area contributed by atoms with Crippen LogP contribution in [0.25, 0.3) is 10.9 Å². The average Bonchev–Trinajstić information content (AvgIpc) is 2.37. The van der Waals surface area contributed by atoms with E-state index in [0.29, 0.717) is 5.56 Å². The molecule has 0 saturated heterocycles. The van der Waals surface area contributed by atoms with Gasteiger partial charge in [0, 0.05) is 23.7 Å². The fourth-order valence-electron chi connectivity index (χ4n) is 1.95. The number of aliphatic hydroxyl groups is 1. The molecule has 0 fully saturated rings. The van der Waals surface area contributed by atoms with Gasteiger partial charge in [-0.2, -0.15) is 0 Å². The molecule has 1 unspecified atom stereocenters. The Hall–Kier alpha value is -2.27. The predicted molar refractivity (Wildman–Crippen MR) is 76.2 cm³/mol. The van der Waals surface area contributed by atoms with Crippen LogP contribution in [0.5, 0.6) is 0 Å². The molecule has 0 aliphatic heterocycles. The summed E-state index contributed by atoms with van der Waals surface area (Å²) in [6.45, 7) is 3.12. The number of fused-ring (bicyclic) bond motifs is 1. The van der Waals surface area contributed by atoms with Crippen LogP contribution < -0.4 is 0 Å². The molecule has 0 aliphatic rings. The summed E-state index contributed by atoms with van der Waals surface area (Å²) in [7, 11) is 0. The molecule has 3 N–H and O–H groups in total. The molecule has 1 aromatic heterocycles. The van der Waals surface area contributed by atoms with Crippen molar-refractivity contribution in [2.24, 2.45) is 0 Å². The van der Waals surface area contributed by atoms with Gasteiger partial charge in [-0.15, -0.1) is 0 Å². The van der Waals surface area contributed by atoms with E-state index in [1.165, 1.54) is 6.92 Å². The molecule has 5 heteroatoms. The third-order valence-electron chi connectivity index (χ3n) is 3.15. The van der Waals surface area contributed by atoms with E-state index in [-0.39, 0.29) is 12.1 Å². The zero-order valence-electron chi connectivity index (χ0n) is 11.3. The minimum atomic E-state index is -1.93. The zero-order chi connectivity index (χ0) is 14.9. The van der Waals surface area contributed by atoms with Gasteiger partial charge >= 0.3 is 5.97 Å². The third-order valence-corrected chi connectivity index (χ3v) is 3.15. The maximum Gasteiger partial charge on any atom is 0.335 e. The molecular weight excluding hydrogens is 256 g/mol. The number of aromatic nitrogens is 1. The standard InChI is InChI=1S/C15H16N2O3/c1-9-5-11-6-10(3-4-13(11)17-8-9)12(16)7-15(2,20)14(18)19/h3-6,8,16,20H,7H2,1-2H3,(H,18,19). The van der Waals surface area contributed by atoms with E-state index in [0.717, 1.165) is 16.5 Å². The lowest BCUT2D eigenvalue weighted by Crippen LogP contribution is -2.37. The summed E-state index contributed by atoms with van der Waals surface area (Å²) in [4.78, 5) is 15.2. The van der Waals surface area contributed by atoms with Crippen molar-refractivity contribution < 1.29 is 15.0 Å². The number of pyridine rings is 1. The topological polar surface area (TPSA) is 94.3 Å². The van der Waals surface area contributed by atoms with Gasteiger partial charge in [0.2, 0.25) is 0 Å². The van der Waals surface area contributed by atoms with E-state index in [2.05, 4.69) is 4.98 Å². The van der Waals surface area contributed by atoms with Crippen LogP contribution in [0.15, 0.2) is 30.5 Å². The Morgan fingerprint density at radius 1 is 1.40 bits per heavy atom. The number of rotatable bonds is 4. The number of aliphatic carboxylic acids is 1. The second kappa shape index (κ2) is 5.02. The van der Waals surface area contributed by atoms with Crippen LogP contribution in [0.3, 0.4) is 0 Å². The van der Waals surface area contributed by atoms with Crippen molar-refractivity contribution in [3.8, 4) is 0 Å². The highest BCUT2D eigenvalue weighted by Crippen LogP contribution is 2.19. The normalized spacial score (nSPS) is 13.9. The minimum absolute atomic E-state index is 0.0841. The van der Waals surface area contributed by atoms with Crippen LogP contribution in [-0.4, -0.2) is 32.5 Å². The first-order valence-electron chi connectivity index (χ1n) is 6.19. The van der Waals surface area contributed by atoms with Gasteiger partial charge in [0.25, 0.3) is 0 Å². The quantitative estimate of drug-likeness (QED) is 0.743. The summed E-state index contributed by atoms with van der Waals surface area (Å²) in [5.41, 5.74) is 0.569. The number of carbonyl (C=O) groups is 1. The second-order valence-electron chi connectivity index (χ2n) is 5.15. The second-order valence-corrected chi connectivity index (χ2v) is 5.15. The fraction of sp³-hybridized carbons (Fsp3) is 0.267. The maximum absolute atomic E-state index is 10.9. The molecule has 2 aromatic rings. The van der Waals surface area contributed by atoms with E-state index in [4.69, 9.17) is 10.5 Å². The van der Waals surface area contributed by atoms with Gasteiger partial charge in [0.1, 0.15) is 0 Å². The van der Waals surface area contributed by atoms with Gasteiger partial charge in [-0.25, -0.2) is 4.79 Å². The first-order valence-corrected chi connectivity index (χ1v) is 6.19. The summed E-state index contributed by atoms with van der Waals surface area (Å²) in [5, 5.41) is 27.5. The Morgan fingerprint density at radius 3 is 2.75 bits per heavy atom. The van der Waals surface area contributed by atoms with E-state index >= 15 is 0 Å². The lowest BCUT2D eigenvalue weighted by molar-refractivity contribution is -0.155. The minimum Gasteiger partial charge on any atom is -0.479 e. The maximum atomic E-state index is 10.9. The van der Waals surface area contributed by atoms with Gasteiger partial charge < -0.3 is 15.6 Å². The summed E-state index contributed by atoms with van der Waals surface area (Å²) in [6, 6.07) is 7.24. The number of carboxylic acid groups (broad SMARTS) is 1. The Labute approximate surface area is 116 Å². The Kier molecular flexibility index (Phi) is 3.55. The van der Waals surface area contributed by atoms with Crippen molar-refractivity contribution in [1.29, 1.82) is 5.41 Å². The van der Waals surface area contributed by atoms with Crippen LogP contribution in [0.4, 0.5) is 0 Å². The van der Waals surface area contributed by atoms with Crippen LogP contribution in [0.2, 0.25) is 0 Å². The number of hydrogen-bond donors (Lipinski definition) is 3. The predicted octanol–water partition coefficient (Wildman–Crippen LogP) is 2.14. The zero-order valence-corrected chi connectivity index (χ0v) is 11.3. The molecule has 0 amide bonds. The van der Waals surface area contributed by atoms with Crippen molar-refractivity contribution in [2.75, 3.05) is 0 Å². The lowest BCUT2D eigenvalue weighted by Gasteiger charge is -2.18. The van der Waals surface area contributed by atoms with Crippen LogP contribution in [0.1, 0.15) is 24.5 Å². The number of aryl methyl sites for hydroxylation is 1. The van der Waals surface area contributed by atoms with Crippen molar-refractivity contribution in [3.05, 3.63) is 41.6 Å². The van der Waals surface area contributed by atoms with Gasteiger partial charge in [-0.05, 0) is 43.2 Å². The average molecular weight is 272 g/mol. The number of hydrogen-bond acceptors (Lipinski definition) is 4. The fourth-order valence-corrected chi connectivity index (χ4v) is 1.95. The number of nitrogens with one attached hydrogen (secondary N) is 1. The largest absolute Gasteiger partial charge is 0.479 e.